The number of H-pyrrole nitrogens is 1. The van der Waals surface area contributed by atoms with Crippen LogP contribution in [0.2, 0.25) is 5.02 Å². The van der Waals surface area contributed by atoms with Crippen LogP contribution < -0.4 is 5.73 Å². The van der Waals surface area contributed by atoms with Crippen molar-refractivity contribution in [2.24, 2.45) is 5.73 Å². The third kappa shape index (κ3) is 3.04. The molecule has 1 aromatic carbocycles. The molecule has 0 radical (unpaired) electrons. The average Bonchev–Trinajstić information content (AvgIpc) is 2.90. The number of nitrogens with two attached hydrogens (primary N) is 1. The van der Waals surface area contributed by atoms with E-state index in [4.69, 9.17) is 17.3 Å². The van der Waals surface area contributed by atoms with Crippen molar-refractivity contribution >= 4 is 34.3 Å². The predicted molar refractivity (Wildman–Crippen MR) is 98.5 cm³/mol. The molecule has 1 aliphatic heterocycles. The smallest absolute Gasteiger partial charge is 0.298 e. The van der Waals surface area contributed by atoms with Gasteiger partial charge in [0.15, 0.2) is 0 Å². The SMILES string of the molecule is CC#CC(=O)N1CCCC(c2c(F)cc(C(N)=O)c3[nH]c(C)c(Cl)c23)C1. The quantitative estimate of drug-likeness (QED) is 0.791. The fourth-order valence-corrected chi connectivity index (χ4v) is 3.87. The first-order valence-electron chi connectivity index (χ1n) is 8.36. The number of aromatic amines is 1. The highest BCUT2D eigenvalue weighted by Gasteiger charge is 2.30. The number of aromatic nitrogens is 1. The van der Waals surface area contributed by atoms with Crippen molar-refractivity contribution in [2.75, 3.05) is 13.1 Å². The molecule has 136 valence electrons. The van der Waals surface area contributed by atoms with Crippen molar-refractivity contribution in [3.05, 3.63) is 33.7 Å². The van der Waals surface area contributed by atoms with Crippen molar-refractivity contribution in [1.82, 2.24) is 9.88 Å². The van der Waals surface area contributed by atoms with Gasteiger partial charge < -0.3 is 15.6 Å². The van der Waals surface area contributed by atoms with Crippen molar-refractivity contribution in [3.8, 4) is 11.8 Å². The molecule has 1 atom stereocenters. The average molecular weight is 376 g/mol. The Morgan fingerprint density at radius 1 is 1.46 bits per heavy atom. The van der Waals surface area contributed by atoms with E-state index >= 15 is 0 Å². The molecule has 1 aromatic heterocycles. The number of primary amides is 1. The Morgan fingerprint density at radius 3 is 2.85 bits per heavy atom. The van der Waals surface area contributed by atoms with Gasteiger partial charge in [0.2, 0.25) is 0 Å². The fraction of sp³-hybridized carbons (Fsp3) is 0.368. The number of hydrogen-bond acceptors (Lipinski definition) is 2. The number of fused-ring (bicyclic) bond motifs is 1. The fourth-order valence-electron chi connectivity index (χ4n) is 3.63. The molecular formula is C19H19ClFN3O2. The second-order valence-corrected chi connectivity index (χ2v) is 6.84. The molecular weight excluding hydrogens is 357 g/mol. The Balaban J connectivity index is 2.14. The maximum absolute atomic E-state index is 15.0. The zero-order valence-corrected chi connectivity index (χ0v) is 15.3. The standard InChI is InChI=1S/C19H19ClFN3O2/c1-3-5-14(25)24-7-4-6-11(9-24)15-13(21)8-12(19(22)26)18-16(15)17(20)10(2)23-18/h8,11,23H,4,6-7,9H2,1-2H3,(H2,22,26). The van der Waals surface area contributed by atoms with Gasteiger partial charge in [-0.05, 0) is 38.7 Å². The van der Waals surface area contributed by atoms with Gasteiger partial charge in [0, 0.05) is 35.7 Å². The topological polar surface area (TPSA) is 79.2 Å². The molecule has 5 nitrogen and oxygen atoms in total. The van der Waals surface area contributed by atoms with Crippen LogP contribution in [0.3, 0.4) is 0 Å². The Bertz CT molecular complexity index is 971. The number of carbonyl (C=O) groups is 2. The van der Waals surface area contributed by atoms with Gasteiger partial charge in [-0.2, -0.15) is 0 Å². The monoisotopic (exact) mass is 375 g/mol. The van der Waals surface area contributed by atoms with Crippen molar-refractivity contribution in [3.63, 3.8) is 0 Å². The van der Waals surface area contributed by atoms with E-state index < -0.39 is 11.7 Å². The maximum atomic E-state index is 15.0. The van der Waals surface area contributed by atoms with E-state index in [1.807, 2.05) is 0 Å². The molecule has 3 rings (SSSR count). The zero-order valence-electron chi connectivity index (χ0n) is 14.6. The first kappa shape index (κ1) is 18.3. The van der Waals surface area contributed by atoms with Gasteiger partial charge >= 0.3 is 0 Å². The van der Waals surface area contributed by atoms with E-state index in [0.29, 0.717) is 46.7 Å². The van der Waals surface area contributed by atoms with Gasteiger partial charge in [-0.1, -0.05) is 17.5 Å². The minimum absolute atomic E-state index is 0.0665. The number of hydrogen-bond donors (Lipinski definition) is 2. The van der Waals surface area contributed by atoms with E-state index in [1.165, 1.54) is 0 Å². The molecule has 1 aliphatic rings. The van der Waals surface area contributed by atoms with Crippen molar-refractivity contribution in [1.29, 1.82) is 0 Å². The summed E-state index contributed by atoms with van der Waals surface area (Å²) in [5.74, 6) is 3.37. The second kappa shape index (κ2) is 7.00. The molecule has 26 heavy (non-hydrogen) atoms. The Morgan fingerprint density at radius 2 is 2.19 bits per heavy atom. The summed E-state index contributed by atoms with van der Waals surface area (Å²) in [6, 6.07) is 1.15. The normalized spacial score (nSPS) is 17.1. The van der Waals surface area contributed by atoms with E-state index in [2.05, 4.69) is 16.8 Å². The predicted octanol–water partition coefficient (Wildman–Crippen LogP) is 3.10. The molecule has 0 saturated carbocycles. The summed E-state index contributed by atoms with van der Waals surface area (Å²) in [4.78, 5) is 28.5. The van der Waals surface area contributed by atoms with Gasteiger partial charge in [0.1, 0.15) is 5.82 Å². The van der Waals surface area contributed by atoms with Gasteiger partial charge in [0.25, 0.3) is 11.8 Å². The second-order valence-electron chi connectivity index (χ2n) is 6.46. The van der Waals surface area contributed by atoms with Crippen LogP contribution in [-0.2, 0) is 4.79 Å². The zero-order chi connectivity index (χ0) is 19.0. The van der Waals surface area contributed by atoms with Crippen LogP contribution in [0.1, 0.15) is 47.3 Å². The number of benzene rings is 1. The van der Waals surface area contributed by atoms with Crippen LogP contribution in [0.15, 0.2) is 6.07 Å². The summed E-state index contributed by atoms with van der Waals surface area (Å²) in [5, 5.41) is 0.840. The number of nitrogens with zero attached hydrogens (tertiary/aromatic N) is 1. The summed E-state index contributed by atoms with van der Waals surface area (Å²) in [7, 11) is 0. The summed E-state index contributed by atoms with van der Waals surface area (Å²) in [6.07, 6.45) is 1.45. The molecule has 0 spiro atoms. The minimum Gasteiger partial charge on any atom is -0.366 e. The molecule has 1 fully saturated rings. The van der Waals surface area contributed by atoms with Crippen LogP contribution in [0, 0.1) is 24.6 Å². The molecule has 2 heterocycles. The third-order valence-corrected chi connectivity index (χ3v) is 5.26. The largest absolute Gasteiger partial charge is 0.366 e. The van der Waals surface area contributed by atoms with Crippen LogP contribution in [0.5, 0.6) is 0 Å². The van der Waals surface area contributed by atoms with E-state index in [1.54, 1.807) is 18.7 Å². The first-order chi connectivity index (χ1) is 12.3. The van der Waals surface area contributed by atoms with E-state index in [0.717, 1.165) is 12.5 Å². The van der Waals surface area contributed by atoms with E-state index in [-0.39, 0.29) is 17.4 Å². The van der Waals surface area contributed by atoms with Crippen LogP contribution in [-0.4, -0.2) is 34.8 Å². The van der Waals surface area contributed by atoms with Crippen LogP contribution in [0.4, 0.5) is 4.39 Å². The highest BCUT2D eigenvalue weighted by atomic mass is 35.5. The molecule has 2 aromatic rings. The lowest BCUT2D eigenvalue weighted by molar-refractivity contribution is -0.126. The number of carbonyl (C=O) groups excluding carboxylic acids is 2. The Hall–Kier alpha value is -2.52. The summed E-state index contributed by atoms with van der Waals surface area (Å²) < 4.78 is 15.0. The van der Waals surface area contributed by atoms with Crippen LogP contribution >= 0.6 is 11.6 Å². The highest BCUT2D eigenvalue weighted by molar-refractivity contribution is 6.37. The number of aryl methyl sites for hydroxylation is 1. The lowest BCUT2D eigenvalue weighted by atomic mass is 9.87. The van der Waals surface area contributed by atoms with Crippen LogP contribution in [0.25, 0.3) is 10.9 Å². The van der Waals surface area contributed by atoms with Gasteiger partial charge in [0.05, 0.1) is 16.1 Å². The van der Waals surface area contributed by atoms with Gasteiger partial charge in [-0.15, -0.1) is 0 Å². The number of likely N-dealkylation sites (tertiary alicyclic amines) is 1. The third-order valence-electron chi connectivity index (χ3n) is 4.79. The molecule has 3 N–H and O–H groups in total. The number of amides is 2. The molecule has 0 aliphatic carbocycles. The lowest BCUT2D eigenvalue weighted by Gasteiger charge is -2.32. The number of piperidine rings is 1. The number of nitrogens with one attached hydrogen (secondary N) is 1. The van der Waals surface area contributed by atoms with Gasteiger partial charge in [-0.3, -0.25) is 9.59 Å². The van der Waals surface area contributed by atoms with Crippen molar-refractivity contribution < 1.29 is 14.0 Å². The maximum Gasteiger partial charge on any atom is 0.298 e. The summed E-state index contributed by atoms with van der Waals surface area (Å²) in [6.45, 7) is 4.31. The minimum atomic E-state index is -0.725. The number of halogens is 2. The highest BCUT2D eigenvalue weighted by Crippen LogP contribution is 2.40. The lowest BCUT2D eigenvalue weighted by Crippen LogP contribution is -2.38. The number of rotatable bonds is 2. The van der Waals surface area contributed by atoms with Crippen molar-refractivity contribution in [2.45, 2.75) is 32.6 Å². The Kier molecular flexibility index (Phi) is 4.92. The van der Waals surface area contributed by atoms with E-state index in [9.17, 15) is 14.0 Å². The molecule has 0 bridgehead atoms. The molecule has 7 heteroatoms. The summed E-state index contributed by atoms with van der Waals surface area (Å²) >= 11 is 6.41. The first-order valence-corrected chi connectivity index (χ1v) is 8.74. The van der Waals surface area contributed by atoms with Gasteiger partial charge in [-0.25, -0.2) is 4.39 Å². The molecule has 1 unspecified atom stereocenters. The molecule has 2 amide bonds. The molecule has 1 saturated heterocycles. The summed E-state index contributed by atoms with van der Waals surface area (Å²) in [5.41, 5.74) is 6.95. The Labute approximate surface area is 155 Å².